The molecule has 1 aliphatic rings. The molecule has 0 aliphatic carbocycles. The van der Waals surface area contributed by atoms with E-state index < -0.39 is 6.61 Å². The zero-order chi connectivity index (χ0) is 17.8. The Hall–Kier alpha value is -2.70. The number of carbonyl (C=O) groups is 1. The third-order valence-corrected chi connectivity index (χ3v) is 4.09. The molecule has 0 radical (unpaired) electrons. The van der Waals surface area contributed by atoms with E-state index >= 15 is 0 Å². The van der Waals surface area contributed by atoms with Crippen LogP contribution in [0.3, 0.4) is 0 Å². The van der Waals surface area contributed by atoms with Gasteiger partial charge < -0.3 is 14.5 Å². The molecule has 3 rings (SSSR count). The predicted molar refractivity (Wildman–Crippen MR) is 87.6 cm³/mol. The zero-order valence-corrected chi connectivity index (χ0v) is 13.4. The Balaban J connectivity index is 1.69. The lowest BCUT2D eigenvalue weighted by Crippen LogP contribution is -2.49. The Bertz CT molecular complexity index is 747. The monoisotopic (exact) mass is 350 g/mol. The van der Waals surface area contributed by atoms with Gasteiger partial charge in [0.15, 0.2) is 0 Å². The molecule has 1 heterocycles. The van der Waals surface area contributed by atoms with Crippen LogP contribution in [-0.2, 0) is 0 Å². The van der Waals surface area contributed by atoms with Gasteiger partial charge >= 0.3 is 6.61 Å². The van der Waals surface area contributed by atoms with E-state index in [4.69, 9.17) is 0 Å². The maximum atomic E-state index is 13.9. The summed E-state index contributed by atoms with van der Waals surface area (Å²) in [5.74, 6) is -0.818. The predicted octanol–water partition coefficient (Wildman–Crippen LogP) is 3.39. The molecule has 0 N–H and O–H groups in total. The summed E-state index contributed by atoms with van der Waals surface area (Å²) in [6.45, 7) is -1.33. The largest absolute Gasteiger partial charge is 0.434 e. The molecule has 1 saturated heterocycles. The second-order valence-electron chi connectivity index (χ2n) is 5.61. The number of anilines is 1. The van der Waals surface area contributed by atoms with Crippen molar-refractivity contribution in [3.63, 3.8) is 0 Å². The molecule has 1 fully saturated rings. The van der Waals surface area contributed by atoms with Gasteiger partial charge in [-0.25, -0.2) is 4.39 Å². The second kappa shape index (κ2) is 7.46. The fraction of sp³-hybridized carbons (Fsp3) is 0.278. The summed E-state index contributed by atoms with van der Waals surface area (Å²) in [6.07, 6.45) is 0. The number of hydrogen-bond acceptors (Lipinski definition) is 3. The van der Waals surface area contributed by atoms with Crippen molar-refractivity contribution in [1.82, 2.24) is 4.90 Å². The van der Waals surface area contributed by atoms with E-state index in [0.29, 0.717) is 31.9 Å². The Labute approximate surface area is 143 Å². The zero-order valence-electron chi connectivity index (χ0n) is 13.4. The van der Waals surface area contributed by atoms with Crippen LogP contribution in [0.25, 0.3) is 0 Å². The highest BCUT2D eigenvalue weighted by atomic mass is 19.3. The van der Waals surface area contributed by atoms with Crippen LogP contribution in [-0.4, -0.2) is 43.6 Å². The van der Waals surface area contributed by atoms with Gasteiger partial charge in [-0.15, -0.1) is 0 Å². The first-order valence-corrected chi connectivity index (χ1v) is 7.89. The van der Waals surface area contributed by atoms with Crippen molar-refractivity contribution in [1.29, 1.82) is 0 Å². The fourth-order valence-electron chi connectivity index (χ4n) is 2.87. The summed E-state index contributed by atoms with van der Waals surface area (Å²) in [7, 11) is 0. The van der Waals surface area contributed by atoms with Crippen molar-refractivity contribution in [3.8, 4) is 5.75 Å². The summed E-state index contributed by atoms with van der Waals surface area (Å²) in [5.41, 5.74) is 0.596. The summed E-state index contributed by atoms with van der Waals surface area (Å²) >= 11 is 0. The first-order valence-electron chi connectivity index (χ1n) is 7.89. The minimum atomic E-state index is -2.99. The first kappa shape index (κ1) is 17.1. The highest BCUT2D eigenvalue weighted by molar-refractivity contribution is 5.97. The van der Waals surface area contributed by atoms with Gasteiger partial charge in [-0.1, -0.05) is 24.3 Å². The van der Waals surface area contributed by atoms with Gasteiger partial charge in [0.25, 0.3) is 5.91 Å². The van der Waals surface area contributed by atoms with Gasteiger partial charge in [-0.2, -0.15) is 8.78 Å². The quantitative estimate of drug-likeness (QED) is 0.847. The first-order chi connectivity index (χ1) is 12.1. The van der Waals surface area contributed by atoms with Crippen molar-refractivity contribution in [2.45, 2.75) is 6.61 Å². The van der Waals surface area contributed by atoms with E-state index in [-0.39, 0.29) is 23.0 Å². The van der Waals surface area contributed by atoms with Gasteiger partial charge in [-0.3, -0.25) is 4.79 Å². The van der Waals surface area contributed by atoms with E-state index in [1.54, 1.807) is 29.2 Å². The number of halogens is 3. The number of piperazine rings is 1. The standard InChI is InChI=1S/C18H17F3N2O2/c19-14-6-2-3-7-15(14)22-9-11-23(12-10-22)17(24)13-5-1-4-8-16(13)25-18(20)21/h1-8,18H,9-12H2. The minimum absolute atomic E-state index is 0.0992. The molecule has 7 heteroatoms. The number of nitrogens with zero attached hydrogens (tertiary/aromatic N) is 2. The molecule has 1 aliphatic heterocycles. The molecule has 2 aromatic carbocycles. The number of rotatable bonds is 4. The van der Waals surface area contributed by atoms with Crippen LogP contribution in [0.2, 0.25) is 0 Å². The Morgan fingerprint density at radius 1 is 0.960 bits per heavy atom. The molecule has 0 aromatic heterocycles. The van der Waals surface area contributed by atoms with Crippen LogP contribution < -0.4 is 9.64 Å². The number of para-hydroxylation sites is 2. The highest BCUT2D eigenvalue weighted by Crippen LogP contribution is 2.24. The summed E-state index contributed by atoms with van der Waals surface area (Å²) in [4.78, 5) is 16.0. The van der Waals surface area contributed by atoms with Crippen LogP contribution in [0.5, 0.6) is 5.75 Å². The minimum Gasteiger partial charge on any atom is -0.434 e. The summed E-state index contributed by atoms with van der Waals surface area (Å²) < 4.78 is 43.3. The Morgan fingerprint density at radius 2 is 1.60 bits per heavy atom. The van der Waals surface area contributed by atoms with Crippen LogP contribution in [0.15, 0.2) is 48.5 Å². The van der Waals surface area contributed by atoms with Gasteiger partial charge in [0.1, 0.15) is 11.6 Å². The smallest absolute Gasteiger partial charge is 0.387 e. The normalized spacial score (nSPS) is 14.7. The molecular weight excluding hydrogens is 333 g/mol. The number of amides is 1. The van der Waals surface area contributed by atoms with E-state index in [1.165, 1.54) is 24.3 Å². The third kappa shape index (κ3) is 3.87. The lowest BCUT2D eigenvalue weighted by molar-refractivity contribution is -0.0502. The molecule has 0 atom stereocenters. The van der Waals surface area contributed by atoms with Crippen molar-refractivity contribution >= 4 is 11.6 Å². The van der Waals surface area contributed by atoms with Gasteiger partial charge in [0.05, 0.1) is 11.3 Å². The average Bonchev–Trinajstić information content (AvgIpc) is 2.62. The molecule has 0 saturated carbocycles. The van der Waals surface area contributed by atoms with Crippen molar-refractivity contribution in [3.05, 3.63) is 59.9 Å². The van der Waals surface area contributed by atoms with Crippen LogP contribution in [0.1, 0.15) is 10.4 Å². The maximum Gasteiger partial charge on any atom is 0.387 e. The summed E-state index contributed by atoms with van der Waals surface area (Å²) in [5, 5.41) is 0. The lowest BCUT2D eigenvalue weighted by Gasteiger charge is -2.36. The topological polar surface area (TPSA) is 32.8 Å². The Kier molecular flexibility index (Phi) is 5.11. The van der Waals surface area contributed by atoms with Gasteiger partial charge in [0.2, 0.25) is 0 Å². The number of hydrogen-bond donors (Lipinski definition) is 0. The van der Waals surface area contributed by atoms with E-state index in [0.717, 1.165) is 0 Å². The maximum absolute atomic E-state index is 13.9. The Morgan fingerprint density at radius 3 is 2.28 bits per heavy atom. The molecule has 0 bridgehead atoms. The van der Waals surface area contributed by atoms with Crippen LogP contribution in [0, 0.1) is 5.82 Å². The number of benzene rings is 2. The number of ether oxygens (including phenoxy) is 1. The summed E-state index contributed by atoms with van der Waals surface area (Å²) in [6, 6.07) is 12.4. The molecule has 0 spiro atoms. The molecule has 4 nitrogen and oxygen atoms in total. The molecule has 0 unspecified atom stereocenters. The van der Waals surface area contributed by atoms with Crippen molar-refractivity contribution in [2.75, 3.05) is 31.1 Å². The highest BCUT2D eigenvalue weighted by Gasteiger charge is 2.25. The SMILES string of the molecule is O=C(c1ccccc1OC(F)F)N1CCN(c2ccccc2F)CC1. The van der Waals surface area contributed by atoms with Crippen LogP contribution >= 0.6 is 0 Å². The van der Waals surface area contributed by atoms with Crippen molar-refractivity contribution in [2.24, 2.45) is 0 Å². The molecule has 1 amide bonds. The third-order valence-electron chi connectivity index (χ3n) is 4.09. The van der Waals surface area contributed by atoms with Gasteiger partial charge in [0, 0.05) is 26.2 Å². The van der Waals surface area contributed by atoms with Crippen molar-refractivity contribution < 1.29 is 22.7 Å². The van der Waals surface area contributed by atoms with E-state index in [1.807, 2.05) is 4.90 Å². The van der Waals surface area contributed by atoms with E-state index in [2.05, 4.69) is 4.74 Å². The molecule has 132 valence electrons. The number of carbonyl (C=O) groups excluding carboxylic acids is 1. The average molecular weight is 350 g/mol. The molecule has 2 aromatic rings. The molecular formula is C18H17F3N2O2. The number of alkyl halides is 2. The lowest BCUT2D eigenvalue weighted by atomic mass is 10.1. The van der Waals surface area contributed by atoms with E-state index in [9.17, 15) is 18.0 Å². The molecule has 25 heavy (non-hydrogen) atoms. The second-order valence-corrected chi connectivity index (χ2v) is 5.61. The van der Waals surface area contributed by atoms with Crippen LogP contribution in [0.4, 0.5) is 18.9 Å². The fourth-order valence-corrected chi connectivity index (χ4v) is 2.87. The van der Waals surface area contributed by atoms with Gasteiger partial charge in [-0.05, 0) is 24.3 Å².